The van der Waals surface area contributed by atoms with Crippen molar-refractivity contribution in [3.05, 3.63) is 72.2 Å². The summed E-state index contributed by atoms with van der Waals surface area (Å²) in [7, 11) is 0. The van der Waals surface area contributed by atoms with Crippen molar-refractivity contribution in [1.82, 2.24) is 15.3 Å². The van der Waals surface area contributed by atoms with Crippen LogP contribution >= 0.6 is 0 Å². The van der Waals surface area contributed by atoms with Gasteiger partial charge in [0.05, 0.1) is 0 Å². The third-order valence-electron chi connectivity index (χ3n) is 3.48. The van der Waals surface area contributed by atoms with Gasteiger partial charge in [0.25, 0.3) is 0 Å². The van der Waals surface area contributed by atoms with Gasteiger partial charge in [-0.15, -0.1) is 0 Å². The van der Waals surface area contributed by atoms with Crippen LogP contribution in [0.5, 0.6) is 0 Å². The van der Waals surface area contributed by atoms with Gasteiger partial charge in [0.15, 0.2) is 0 Å². The van der Waals surface area contributed by atoms with E-state index >= 15 is 0 Å². The molecule has 0 unspecified atom stereocenters. The number of nitrogens with one attached hydrogen (secondary N) is 2. The summed E-state index contributed by atoms with van der Waals surface area (Å²) in [5.41, 5.74) is 3.25. The highest BCUT2D eigenvalue weighted by atomic mass is 16.1. The number of carbonyl (C=O) groups excluding carboxylic acids is 1. The average Bonchev–Trinajstić information content (AvgIpc) is 2.97. The van der Waals surface area contributed by atoms with Crippen LogP contribution in [0.2, 0.25) is 0 Å². The van der Waals surface area contributed by atoms with Crippen LogP contribution in [-0.4, -0.2) is 22.4 Å². The van der Waals surface area contributed by atoms with Gasteiger partial charge < -0.3 is 10.3 Å². The molecule has 2 aromatic heterocycles. The number of nitrogens with zero attached hydrogens (tertiary/aromatic N) is 1. The Bertz CT molecular complexity index is 790. The molecule has 22 heavy (non-hydrogen) atoms. The normalized spacial score (nSPS) is 11.1. The minimum Gasteiger partial charge on any atom is -0.361 e. The Morgan fingerprint density at radius 3 is 3.00 bits per heavy atom. The number of carbonyl (C=O) groups is 1. The Kier molecular flexibility index (Phi) is 4.30. The van der Waals surface area contributed by atoms with Gasteiger partial charge in [0, 0.05) is 42.1 Å². The lowest BCUT2D eigenvalue weighted by atomic mass is 10.1. The third-order valence-corrected chi connectivity index (χ3v) is 3.48. The van der Waals surface area contributed by atoms with E-state index in [-0.39, 0.29) is 5.91 Å². The van der Waals surface area contributed by atoms with Crippen molar-refractivity contribution >= 4 is 22.9 Å². The zero-order chi connectivity index (χ0) is 15.2. The molecule has 4 nitrogen and oxygen atoms in total. The van der Waals surface area contributed by atoms with Crippen LogP contribution in [0.25, 0.3) is 17.0 Å². The quantitative estimate of drug-likeness (QED) is 0.710. The maximum Gasteiger partial charge on any atom is 0.244 e. The molecule has 2 heterocycles. The molecule has 3 rings (SSSR count). The van der Waals surface area contributed by atoms with Gasteiger partial charge in [-0.2, -0.15) is 0 Å². The summed E-state index contributed by atoms with van der Waals surface area (Å²) in [4.78, 5) is 19.0. The van der Waals surface area contributed by atoms with Crippen LogP contribution in [0.15, 0.2) is 61.1 Å². The topological polar surface area (TPSA) is 57.8 Å². The molecule has 0 aliphatic heterocycles. The molecular weight excluding hydrogens is 274 g/mol. The van der Waals surface area contributed by atoms with Crippen LogP contribution in [0, 0.1) is 0 Å². The minimum absolute atomic E-state index is 0.0938. The number of rotatable bonds is 5. The van der Waals surface area contributed by atoms with E-state index in [0.717, 1.165) is 17.5 Å². The predicted octanol–water partition coefficient (Wildman–Crippen LogP) is 2.94. The molecule has 3 aromatic rings. The van der Waals surface area contributed by atoms with Crippen molar-refractivity contribution in [2.24, 2.45) is 0 Å². The monoisotopic (exact) mass is 291 g/mol. The number of aromatic nitrogens is 2. The number of hydrogen-bond acceptors (Lipinski definition) is 2. The van der Waals surface area contributed by atoms with Gasteiger partial charge in [0.2, 0.25) is 5.91 Å². The molecule has 0 aliphatic carbocycles. The first-order valence-electron chi connectivity index (χ1n) is 7.24. The summed E-state index contributed by atoms with van der Waals surface area (Å²) in [5, 5.41) is 4.11. The molecular formula is C18H17N3O. The summed E-state index contributed by atoms with van der Waals surface area (Å²) < 4.78 is 0. The van der Waals surface area contributed by atoms with Gasteiger partial charge >= 0.3 is 0 Å². The predicted molar refractivity (Wildman–Crippen MR) is 88.3 cm³/mol. The van der Waals surface area contributed by atoms with E-state index in [1.807, 2.05) is 36.5 Å². The fraction of sp³-hybridized carbons (Fsp3) is 0.111. The Balaban J connectivity index is 1.52. The van der Waals surface area contributed by atoms with Crippen LogP contribution in [0.4, 0.5) is 0 Å². The lowest BCUT2D eigenvalue weighted by Gasteiger charge is -2.01. The van der Waals surface area contributed by atoms with Crippen LogP contribution in [0.3, 0.4) is 0 Å². The number of benzene rings is 1. The highest BCUT2D eigenvalue weighted by molar-refractivity contribution is 5.91. The molecule has 1 amide bonds. The first-order valence-corrected chi connectivity index (χ1v) is 7.24. The SMILES string of the molecule is O=C(/C=C/c1cccnc1)NCCc1c[nH]c2ccccc12. The number of H-pyrrole nitrogens is 1. The van der Waals surface area contributed by atoms with Crippen molar-refractivity contribution in [3.63, 3.8) is 0 Å². The number of aromatic amines is 1. The molecule has 110 valence electrons. The van der Waals surface area contributed by atoms with Gasteiger partial charge in [-0.3, -0.25) is 9.78 Å². The summed E-state index contributed by atoms with van der Waals surface area (Å²) >= 11 is 0. The lowest BCUT2D eigenvalue weighted by Crippen LogP contribution is -2.23. The van der Waals surface area contributed by atoms with E-state index in [0.29, 0.717) is 6.54 Å². The van der Waals surface area contributed by atoms with Crippen LogP contribution < -0.4 is 5.32 Å². The molecule has 0 spiro atoms. The van der Waals surface area contributed by atoms with Gasteiger partial charge in [-0.25, -0.2) is 0 Å². The summed E-state index contributed by atoms with van der Waals surface area (Å²) in [5.74, 6) is -0.0938. The molecule has 0 atom stereocenters. The summed E-state index contributed by atoms with van der Waals surface area (Å²) in [6, 6.07) is 11.9. The minimum atomic E-state index is -0.0938. The summed E-state index contributed by atoms with van der Waals surface area (Å²) in [6.45, 7) is 0.609. The highest BCUT2D eigenvalue weighted by Crippen LogP contribution is 2.17. The van der Waals surface area contributed by atoms with Crippen molar-refractivity contribution in [1.29, 1.82) is 0 Å². The van der Waals surface area contributed by atoms with Crippen molar-refractivity contribution in [3.8, 4) is 0 Å². The van der Waals surface area contributed by atoms with Crippen molar-refractivity contribution < 1.29 is 4.79 Å². The smallest absolute Gasteiger partial charge is 0.244 e. The Morgan fingerprint density at radius 2 is 2.14 bits per heavy atom. The maximum absolute atomic E-state index is 11.8. The van der Waals surface area contributed by atoms with E-state index in [9.17, 15) is 4.79 Å². The van der Waals surface area contributed by atoms with E-state index in [2.05, 4.69) is 21.4 Å². The zero-order valence-electron chi connectivity index (χ0n) is 12.1. The van der Waals surface area contributed by atoms with E-state index in [1.165, 1.54) is 17.0 Å². The fourth-order valence-corrected chi connectivity index (χ4v) is 2.36. The molecule has 0 aliphatic rings. The number of amides is 1. The largest absolute Gasteiger partial charge is 0.361 e. The number of fused-ring (bicyclic) bond motifs is 1. The second kappa shape index (κ2) is 6.72. The second-order valence-corrected chi connectivity index (χ2v) is 5.02. The average molecular weight is 291 g/mol. The van der Waals surface area contributed by atoms with Crippen LogP contribution in [0.1, 0.15) is 11.1 Å². The molecule has 4 heteroatoms. The van der Waals surface area contributed by atoms with Gasteiger partial charge in [-0.1, -0.05) is 24.3 Å². The first-order chi connectivity index (χ1) is 10.8. The maximum atomic E-state index is 11.8. The molecule has 0 saturated heterocycles. The van der Waals surface area contributed by atoms with E-state index in [1.54, 1.807) is 18.5 Å². The molecule has 0 bridgehead atoms. The van der Waals surface area contributed by atoms with E-state index in [4.69, 9.17) is 0 Å². The Labute approximate surface area is 128 Å². The number of pyridine rings is 1. The molecule has 1 aromatic carbocycles. The number of hydrogen-bond donors (Lipinski definition) is 2. The van der Waals surface area contributed by atoms with Gasteiger partial charge in [-0.05, 0) is 35.8 Å². The second-order valence-electron chi connectivity index (χ2n) is 5.02. The molecule has 2 N–H and O–H groups in total. The Morgan fingerprint density at radius 1 is 1.23 bits per heavy atom. The van der Waals surface area contributed by atoms with Gasteiger partial charge in [0.1, 0.15) is 0 Å². The van der Waals surface area contributed by atoms with Crippen LogP contribution in [-0.2, 0) is 11.2 Å². The molecule has 0 saturated carbocycles. The van der Waals surface area contributed by atoms with Crippen molar-refractivity contribution in [2.75, 3.05) is 6.54 Å². The van der Waals surface area contributed by atoms with E-state index < -0.39 is 0 Å². The number of para-hydroxylation sites is 1. The fourth-order valence-electron chi connectivity index (χ4n) is 2.36. The first kappa shape index (κ1) is 14.1. The lowest BCUT2D eigenvalue weighted by molar-refractivity contribution is -0.116. The molecule has 0 fully saturated rings. The molecule has 0 radical (unpaired) electrons. The highest BCUT2D eigenvalue weighted by Gasteiger charge is 2.03. The standard InChI is InChI=1S/C18H17N3O/c22-18(8-7-14-4-3-10-19-12-14)20-11-9-15-13-21-17-6-2-1-5-16(15)17/h1-8,10,12-13,21H,9,11H2,(H,20,22)/b8-7+. The summed E-state index contributed by atoms with van der Waals surface area (Å²) in [6.07, 6.45) is 9.52. The van der Waals surface area contributed by atoms with Crippen molar-refractivity contribution in [2.45, 2.75) is 6.42 Å². The Hall–Kier alpha value is -2.88. The zero-order valence-corrected chi connectivity index (χ0v) is 12.1. The third kappa shape index (κ3) is 3.41.